The van der Waals surface area contributed by atoms with E-state index in [0.717, 1.165) is 5.57 Å². The molecule has 19 heavy (non-hydrogen) atoms. The fourth-order valence-electron chi connectivity index (χ4n) is 3.07. The summed E-state index contributed by atoms with van der Waals surface area (Å²) in [5.74, 6) is -0.696. The summed E-state index contributed by atoms with van der Waals surface area (Å²) in [6.07, 6.45) is 5.18. The van der Waals surface area contributed by atoms with Crippen molar-refractivity contribution in [2.24, 2.45) is 5.41 Å². The largest absolute Gasteiger partial charge is 0.389 e. The molecule has 0 unspecified atom stereocenters. The minimum absolute atomic E-state index is 0.443. The van der Waals surface area contributed by atoms with Gasteiger partial charge in [-0.25, -0.2) is 0 Å². The Morgan fingerprint density at radius 3 is 2.37 bits per heavy atom. The Hall–Kier alpha value is -0.680. The number of hydrogen-bond acceptors (Lipinski definition) is 4. The predicted octanol–water partition coefficient (Wildman–Crippen LogP) is 1.77. The second kappa shape index (κ2) is 4.70. The first-order valence-electron chi connectivity index (χ1n) is 6.78. The molecule has 1 heterocycles. The van der Waals surface area contributed by atoms with E-state index in [1.807, 2.05) is 26.8 Å². The number of rotatable bonds is 2. The van der Waals surface area contributed by atoms with Crippen LogP contribution in [-0.2, 0) is 9.47 Å². The third-order valence-corrected chi connectivity index (χ3v) is 4.15. The van der Waals surface area contributed by atoms with E-state index in [4.69, 9.17) is 9.47 Å². The van der Waals surface area contributed by atoms with Crippen LogP contribution in [0.3, 0.4) is 0 Å². The maximum atomic E-state index is 11.0. The van der Waals surface area contributed by atoms with Crippen molar-refractivity contribution >= 4 is 0 Å². The van der Waals surface area contributed by atoms with E-state index in [9.17, 15) is 10.2 Å². The Bertz CT molecular complexity index is 402. The molecule has 1 saturated heterocycles. The monoisotopic (exact) mass is 268 g/mol. The van der Waals surface area contributed by atoms with E-state index in [2.05, 4.69) is 0 Å². The summed E-state index contributed by atoms with van der Waals surface area (Å²) in [7, 11) is 0. The minimum Gasteiger partial charge on any atom is -0.389 e. The van der Waals surface area contributed by atoms with Crippen LogP contribution in [0.2, 0.25) is 0 Å². The highest BCUT2D eigenvalue weighted by Gasteiger charge is 2.54. The van der Waals surface area contributed by atoms with Crippen molar-refractivity contribution in [2.75, 3.05) is 13.2 Å². The van der Waals surface area contributed by atoms with Gasteiger partial charge in [-0.3, -0.25) is 0 Å². The van der Waals surface area contributed by atoms with Crippen molar-refractivity contribution in [1.82, 2.24) is 0 Å². The summed E-state index contributed by atoms with van der Waals surface area (Å²) >= 11 is 0. The van der Waals surface area contributed by atoms with Crippen LogP contribution in [-0.4, -0.2) is 40.9 Å². The zero-order valence-corrected chi connectivity index (χ0v) is 12.1. The lowest BCUT2D eigenvalue weighted by Crippen LogP contribution is -2.53. The van der Waals surface area contributed by atoms with Gasteiger partial charge in [-0.15, -0.1) is 0 Å². The SMILES string of the molecule is CC1=CC2(CC(C)(C)[C@@]1(O)/C=C\[C@@H](C)O)OCCO2. The average molecular weight is 268 g/mol. The third kappa shape index (κ3) is 2.50. The molecule has 0 radical (unpaired) electrons. The molecule has 2 N–H and O–H groups in total. The van der Waals surface area contributed by atoms with Crippen LogP contribution in [0.25, 0.3) is 0 Å². The molecule has 0 aromatic rings. The maximum Gasteiger partial charge on any atom is 0.188 e. The van der Waals surface area contributed by atoms with Gasteiger partial charge in [0.1, 0.15) is 5.60 Å². The number of aliphatic hydroxyl groups is 2. The van der Waals surface area contributed by atoms with Crippen molar-refractivity contribution in [1.29, 1.82) is 0 Å². The lowest BCUT2D eigenvalue weighted by molar-refractivity contribution is -0.171. The normalized spacial score (nSPS) is 34.7. The highest BCUT2D eigenvalue weighted by molar-refractivity contribution is 5.34. The van der Waals surface area contributed by atoms with Gasteiger partial charge in [0.15, 0.2) is 5.79 Å². The van der Waals surface area contributed by atoms with E-state index < -0.39 is 22.9 Å². The molecule has 1 spiro atoms. The van der Waals surface area contributed by atoms with Crippen molar-refractivity contribution in [3.8, 4) is 0 Å². The summed E-state index contributed by atoms with van der Waals surface area (Å²) in [5.41, 5.74) is -0.742. The van der Waals surface area contributed by atoms with Crippen molar-refractivity contribution in [3.63, 3.8) is 0 Å². The van der Waals surface area contributed by atoms with Crippen molar-refractivity contribution < 1.29 is 19.7 Å². The van der Waals surface area contributed by atoms with Gasteiger partial charge in [0, 0.05) is 11.8 Å². The quantitative estimate of drug-likeness (QED) is 0.749. The van der Waals surface area contributed by atoms with E-state index in [1.54, 1.807) is 19.1 Å². The zero-order valence-electron chi connectivity index (χ0n) is 12.1. The fraction of sp³-hybridized carbons (Fsp3) is 0.733. The summed E-state index contributed by atoms with van der Waals surface area (Å²) in [5, 5.41) is 20.4. The van der Waals surface area contributed by atoms with Crippen molar-refractivity contribution in [2.45, 2.75) is 51.6 Å². The van der Waals surface area contributed by atoms with Gasteiger partial charge >= 0.3 is 0 Å². The average Bonchev–Trinajstić information content (AvgIpc) is 2.71. The van der Waals surface area contributed by atoms with Crippen LogP contribution in [0.4, 0.5) is 0 Å². The van der Waals surface area contributed by atoms with Crippen LogP contribution in [0.15, 0.2) is 23.8 Å². The summed E-state index contributed by atoms with van der Waals surface area (Å²) < 4.78 is 11.4. The summed E-state index contributed by atoms with van der Waals surface area (Å²) in [6, 6.07) is 0. The molecule has 0 aromatic carbocycles. The molecule has 0 amide bonds. The van der Waals surface area contributed by atoms with Crippen LogP contribution in [0.1, 0.15) is 34.1 Å². The van der Waals surface area contributed by atoms with E-state index in [0.29, 0.717) is 19.6 Å². The van der Waals surface area contributed by atoms with Crippen LogP contribution < -0.4 is 0 Å². The van der Waals surface area contributed by atoms with Gasteiger partial charge in [0.2, 0.25) is 0 Å². The van der Waals surface area contributed by atoms with E-state index in [-0.39, 0.29) is 0 Å². The third-order valence-electron chi connectivity index (χ3n) is 4.15. The molecule has 0 aromatic heterocycles. The van der Waals surface area contributed by atoms with Crippen LogP contribution in [0, 0.1) is 5.41 Å². The summed E-state index contributed by atoms with van der Waals surface area (Å²) in [4.78, 5) is 0. The molecule has 108 valence electrons. The molecule has 2 rings (SSSR count). The second-order valence-corrected chi connectivity index (χ2v) is 6.26. The first-order valence-corrected chi connectivity index (χ1v) is 6.78. The Balaban J connectivity index is 2.39. The highest BCUT2D eigenvalue weighted by atomic mass is 16.7. The topological polar surface area (TPSA) is 58.9 Å². The Morgan fingerprint density at radius 2 is 1.89 bits per heavy atom. The van der Waals surface area contributed by atoms with Crippen molar-refractivity contribution in [3.05, 3.63) is 23.8 Å². The lowest BCUT2D eigenvalue weighted by atomic mass is 9.63. The molecule has 1 aliphatic heterocycles. The smallest absolute Gasteiger partial charge is 0.188 e. The molecule has 4 nitrogen and oxygen atoms in total. The minimum atomic E-state index is -1.09. The molecule has 1 fully saturated rings. The number of ether oxygens (including phenoxy) is 2. The zero-order chi connectivity index (χ0) is 14.3. The van der Waals surface area contributed by atoms with Gasteiger partial charge in [-0.1, -0.05) is 19.9 Å². The van der Waals surface area contributed by atoms with Crippen LogP contribution in [0.5, 0.6) is 0 Å². The molecule has 4 heteroatoms. The Kier molecular flexibility index (Phi) is 3.64. The van der Waals surface area contributed by atoms with Gasteiger partial charge < -0.3 is 19.7 Å². The van der Waals surface area contributed by atoms with Crippen LogP contribution >= 0.6 is 0 Å². The molecule has 0 bridgehead atoms. The Morgan fingerprint density at radius 1 is 1.32 bits per heavy atom. The standard InChI is InChI=1S/C15H24O4/c1-11-9-14(18-7-8-19-14)10-13(3,4)15(11,17)6-5-12(2)16/h5-6,9,12,16-17H,7-8,10H2,1-4H3/b6-5-/t12-,15-/m1/s1. The molecular formula is C15H24O4. The van der Waals surface area contributed by atoms with Gasteiger partial charge in [-0.05, 0) is 31.6 Å². The maximum absolute atomic E-state index is 11.0. The number of aliphatic hydroxyl groups excluding tert-OH is 1. The van der Waals surface area contributed by atoms with Gasteiger partial charge in [0.05, 0.1) is 19.3 Å². The first kappa shape index (κ1) is 14.7. The molecule has 1 aliphatic carbocycles. The van der Waals surface area contributed by atoms with Gasteiger partial charge in [-0.2, -0.15) is 0 Å². The summed E-state index contributed by atoms with van der Waals surface area (Å²) in [6.45, 7) is 8.69. The second-order valence-electron chi connectivity index (χ2n) is 6.26. The molecular weight excluding hydrogens is 244 g/mol. The molecule has 0 saturated carbocycles. The molecule has 2 aliphatic rings. The first-order chi connectivity index (χ1) is 8.71. The highest BCUT2D eigenvalue weighted by Crippen LogP contribution is 2.50. The fourth-order valence-corrected chi connectivity index (χ4v) is 3.07. The van der Waals surface area contributed by atoms with E-state index >= 15 is 0 Å². The van der Waals surface area contributed by atoms with Gasteiger partial charge in [0.25, 0.3) is 0 Å². The molecule has 2 atom stereocenters. The van der Waals surface area contributed by atoms with E-state index in [1.165, 1.54) is 0 Å². The Labute approximate surface area is 114 Å². The lowest BCUT2D eigenvalue weighted by Gasteiger charge is -2.49. The predicted molar refractivity (Wildman–Crippen MR) is 72.6 cm³/mol. The number of hydrogen-bond donors (Lipinski definition) is 2.